The summed E-state index contributed by atoms with van der Waals surface area (Å²) in [6, 6.07) is 6.74. The normalized spacial score (nSPS) is 18.9. The Morgan fingerprint density at radius 1 is 1.07 bits per heavy atom. The van der Waals surface area contributed by atoms with E-state index in [1.807, 2.05) is 0 Å². The molecule has 0 aliphatic heterocycles. The van der Waals surface area contributed by atoms with Crippen LogP contribution in [0.25, 0.3) is 6.08 Å². The Balaban J connectivity index is 2.50. The molecule has 0 amide bonds. The van der Waals surface area contributed by atoms with Crippen molar-refractivity contribution >= 4 is 6.08 Å². The molecular weight excluding hydrogens is 180 g/mol. The van der Waals surface area contributed by atoms with E-state index >= 15 is 0 Å². The maximum atomic E-state index is 2.41. The molecule has 0 heteroatoms. The van der Waals surface area contributed by atoms with E-state index in [1.54, 1.807) is 16.7 Å². The van der Waals surface area contributed by atoms with Gasteiger partial charge in [-0.1, -0.05) is 50.6 Å². The van der Waals surface area contributed by atoms with Gasteiger partial charge in [-0.25, -0.2) is 0 Å². The summed E-state index contributed by atoms with van der Waals surface area (Å²) >= 11 is 0. The maximum Gasteiger partial charge on any atom is 0.00574 e. The van der Waals surface area contributed by atoms with Crippen LogP contribution in [0.1, 0.15) is 56.2 Å². The average molecular weight is 200 g/mol. The van der Waals surface area contributed by atoms with Crippen LogP contribution in [0.3, 0.4) is 0 Å². The van der Waals surface area contributed by atoms with Crippen LogP contribution in [0.5, 0.6) is 0 Å². The molecule has 0 nitrogen and oxygen atoms in total. The molecule has 1 aliphatic carbocycles. The minimum Gasteiger partial charge on any atom is -0.0645 e. The molecule has 15 heavy (non-hydrogen) atoms. The van der Waals surface area contributed by atoms with Gasteiger partial charge < -0.3 is 0 Å². The second kappa shape index (κ2) is 4.22. The Morgan fingerprint density at radius 2 is 1.87 bits per heavy atom. The third-order valence-corrected chi connectivity index (χ3v) is 3.56. The standard InChI is InChI=1S/C15H20/c1-4-11-8-7-9-13-10-12(5-2)14(6-3)15(11)13/h7-10,14H,4-6H2,1-3H3. The highest BCUT2D eigenvalue weighted by Gasteiger charge is 2.24. The number of hydrogen-bond donors (Lipinski definition) is 0. The van der Waals surface area contributed by atoms with Crippen molar-refractivity contribution < 1.29 is 0 Å². The van der Waals surface area contributed by atoms with E-state index in [2.05, 4.69) is 45.0 Å². The Labute approximate surface area is 93.0 Å². The quantitative estimate of drug-likeness (QED) is 0.671. The minimum atomic E-state index is 0.696. The van der Waals surface area contributed by atoms with Gasteiger partial charge in [0.05, 0.1) is 0 Å². The van der Waals surface area contributed by atoms with E-state index in [1.165, 1.54) is 18.4 Å². The molecule has 1 unspecified atom stereocenters. The Bertz CT molecular complexity index is 385. The van der Waals surface area contributed by atoms with Gasteiger partial charge in [-0.15, -0.1) is 0 Å². The Kier molecular flexibility index (Phi) is 2.95. The molecule has 1 atom stereocenters. The molecule has 0 N–H and O–H groups in total. The van der Waals surface area contributed by atoms with Crippen LogP contribution in [0.4, 0.5) is 0 Å². The Hall–Kier alpha value is -1.04. The number of benzene rings is 1. The molecule has 0 fully saturated rings. The topological polar surface area (TPSA) is 0 Å². The third kappa shape index (κ3) is 1.62. The highest BCUT2D eigenvalue weighted by molar-refractivity contribution is 5.68. The summed E-state index contributed by atoms with van der Waals surface area (Å²) in [6.07, 6.45) is 5.99. The SMILES string of the molecule is CCC1=Cc2cccc(CC)c2C1CC. The van der Waals surface area contributed by atoms with Crippen LogP contribution < -0.4 is 0 Å². The monoisotopic (exact) mass is 200 g/mol. The van der Waals surface area contributed by atoms with Gasteiger partial charge in [0.25, 0.3) is 0 Å². The van der Waals surface area contributed by atoms with Crippen molar-refractivity contribution in [2.45, 2.75) is 46.0 Å². The first kappa shape index (κ1) is 10.5. The van der Waals surface area contributed by atoms with Gasteiger partial charge in [-0.05, 0) is 36.0 Å². The van der Waals surface area contributed by atoms with Crippen molar-refractivity contribution in [3.8, 4) is 0 Å². The third-order valence-electron chi connectivity index (χ3n) is 3.56. The second-order valence-corrected chi connectivity index (χ2v) is 4.31. The van der Waals surface area contributed by atoms with Crippen LogP contribution in [0.2, 0.25) is 0 Å². The summed E-state index contributed by atoms with van der Waals surface area (Å²) in [7, 11) is 0. The summed E-state index contributed by atoms with van der Waals surface area (Å²) in [5.74, 6) is 0.696. The van der Waals surface area contributed by atoms with Gasteiger partial charge in [0.1, 0.15) is 0 Å². The van der Waals surface area contributed by atoms with Gasteiger partial charge in [0.2, 0.25) is 0 Å². The molecule has 1 aliphatic rings. The van der Waals surface area contributed by atoms with E-state index in [0.717, 1.165) is 6.42 Å². The molecule has 0 radical (unpaired) electrons. The zero-order valence-corrected chi connectivity index (χ0v) is 10.0. The second-order valence-electron chi connectivity index (χ2n) is 4.31. The predicted molar refractivity (Wildman–Crippen MR) is 67.1 cm³/mol. The Morgan fingerprint density at radius 3 is 2.47 bits per heavy atom. The van der Waals surface area contributed by atoms with Crippen molar-refractivity contribution in [2.75, 3.05) is 0 Å². The van der Waals surface area contributed by atoms with E-state index < -0.39 is 0 Å². The van der Waals surface area contributed by atoms with Crippen molar-refractivity contribution in [2.24, 2.45) is 0 Å². The zero-order chi connectivity index (χ0) is 10.8. The molecule has 0 bridgehead atoms. The van der Waals surface area contributed by atoms with Gasteiger partial charge in [0.15, 0.2) is 0 Å². The van der Waals surface area contributed by atoms with Crippen LogP contribution in [0, 0.1) is 0 Å². The first-order valence-corrected chi connectivity index (χ1v) is 6.14. The van der Waals surface area contributed by atoms with E-state index in [9.17, 15) is 0 Å². The van der Waals surface area contributed by atoms with Gasteiger partial charge >= 0.3 is 0 Å². The molecule has 0 spiro atoms. The van der Waals surface area contributed by atoms with E-state index in [4.69, 9.17) is 0 Å². The molecule has 0 heterocycles. The molecule has 0 saturated heterocycles. The van der Waals surface area contributed by atoms with Gasteiger partial charge in [-0.3, -0.25) is 0 Å². The largest absolute Gasteiger partial charge is 0.0645 e. The van der Waals surface area contributed by atoms with E-state index in [0.29, 0.717) is 5.92 Å². The van der Waals surface area contributed by atoms with Gasteiger partial charge in [0, 0.05) is 5.92 Å². The smallest absolute Gasteiger partial charge is 0.00574 e. The number of rotatable bonds is 3. The lowest BCUT2D eigenvalue weighted by molar-refractivity contribution is 0.739. The van der Waals surface area contributed by atoms with Crippen LogP contribution in [-0.2, 0) is 6.42 Å². The summed E-state index contributed by atoms with van der Waals surface area (Å²) in [5.41, 5.74) is 6.24. The summed E-state index contributed by atoms with van der Waals surface area (Å²) < 4.78 is 0. The van der Waals surface area contributed by atoms with Crippen LogP contribution in [0.15, 0.2) is 23.8 Å². The minimum absolute atomic E-state index is 0.696. The fourth-order valence-corrected chi connectivity index (χ4v) is 2.79. The summed E-state index contributed by atoms with van der Waals surface area (Å²) in [5, 5.41) is 0. The predicted octanol–water partition coefficient (Wildman–Crippen LogP) is 4.55. The first-order valence-electron chi connectivity index (χ1n) is 6.14. The van der Waals surface area contributed by atoms with Crippen molar-refractivity contribution in [3.63, 3.8) is 0 Å². The molecular formula is C15H20. The molecule has 80 valence electrons. The van der Waals surface area contributed by atoms with E-state index in [-0.39, 0.29) is 0 Å². The molecule has 2 rings (SSSR count). The zero-order valence-electron chi connectivity index (χ0n) is 10.0. The maximum absolute atomic E-state index is 2.41. The van der Waals surface area contributed by atoms with Crippen LogP contribution in [-0.4, -0.2) is 0 Å². The first-order chi connectivity index (χ1) is 7.31. The van der Waals surface area contributed by atoms with Crippen molar-refractivity contribution in [3.05, 3.63) is 40.5 Å². The van der Waals surface area contributed by atoms with Crippen molar-refractivity contribution in [1.29, 1.82) is 0 Å². The lowest BCUT2D eigenvalue weighted by Gasteiger charge is -2.16. The molecule has 0 aromatic heterocycles. The summed E-state index contributed by atoms with van der Waals surface area (Å²) in [4.78, 5) is 0. The number of aryl methyl sites for hydroxylation is 1. The van der Waals surface area contributed by atoms with Gasteiger partial charge in [-0.2, -0.15) is 0 Å². The average Bonchev–Trinajstić information content (AvgIpc) is 2.66. The number of allylic oxidation sites excluding steroid dienone is 1. The highest BCUT2D eigenvalue weighted by atomic mass is 14.3. The summed E-state index contributed by atoms with van der Waals surface area (Å²) in [6.45, 7) is 6.83. The molecule has 1 aromatic rings. The number of hydrogen-bond acceptors (Lipinski definition) is 0. The number of fused-ring (bicyclic) bond motifs is 1. The lowest BCUT2D eigenvalue weighted by atomic mass is 9.88. The highest BCUT2D eigenvalue weighted by Crippen LogP contribution is 2.41. The fraction of sp³-hybridized carbons (Fsp3) is 0.467. The molecule has 0 saturated carbocycles. The van der Waals surface area contributed by atoms with Crippen LogP contribution >= 0.6 is 0 Å². The van der Waals surface area contributed by atoms with Crippen molar-refractivity contribution in [1.82, 2.24) is 0 Å². The lowest BCUT2D eigenvalue weighted by Crippen LogP contribution is -2.01. The fourth-order valence-electron chi connectivity index (χ4n) is 2.79. The molecule has 1 aromatic carbocycles.